The summed E-state index contributed by atoms with van der Waals surface area (Å²) in [5, 5.41) is 3.38. The fraction of sp³-hybridized carbons (Fsp3) is 1.00. The Morgan fingerprint density at radius 1 is 1.38 bits per heavy atom. The van der Waals surface area contributed by atoms with E-state index in [1.54, 1.807) is 0 Å². The molecule has 0 aromatic heterocycles. The third-order valence-electron chi connectivity index (χ3n) is 2.52. The SMILES string of the molecule is CC1COC(CC2CCCO2)N1.Cl. The summed E-state index contributed by atoms with van der Waals surface area (Å²) in [6.45, 7) is 3.93. The summed E-state index contributed by atoms with van der Waals surface area (Å²) in [4.78, 5) is 0. The van der Waals surface area contributed by atoms with Gasteiger partial charge in [-0.05, 0) is 19.8 Å². The summed E-state index contributed by atoms with van der Waals surface area (Å²) in [6.07, 6.45) is 4.11. The van der Waals surface area contributed by atoms with Crippen LogP contribution in [0.3, 0.4) is 0 Å². The molecular formula is C9H18ClNO2. The monoisotopic (exact) mass is 207 g/mol. The molecule has 13 heavy (non-hydrogen) atoms. The van der Waals surface area contributed by atoms with E-state index >= 15 is 0 Å². The van der Waals surface area contributed by atoms with Gasteiger partial charge in [0.2, 0.25) is 0 Å². The number of nitrogens with one attached hydrogen (secondary N) is 1. The van der Waals surface area contributed by atoms with Crippen molar-refractivity contribution in [3.8, 4) is 0 Å². The van der Waals surface area contributed by atoms with Gasteiger partial charge in [0, 0.05) is 19.1 Å². The molecule has 0 aromatic rings. The number of rotatable bonds is 2. The molecule has 4 heteroatoms. The molecule has 2 aliphatic heterocycles. The van der Waals surface area contributed by atoms with E-state index in [4.69, 9.17) is 9.47 Å². The Labute approximate surface area is 85.6 Å². The van der Waals surface area contributed by atoms with Gasteiger partial charge in [-0.2, -0.15) is 0 Å². The predicted molar refractivity (Wildman–Crippen MR) is 53.2 cm³/mol. The van der Waals surface area contributed by atoms with Crippen LogP contribution in [0.2, 0.25) is 0 Å². The highest BCUT2D eigenvalue weighted by molar-refractivity contribution is 5.85. The van der Waals surface area contributed by atoms with Gasteiger partial charge in [-0.1, -0.05) is 0 Å². The first-order valence-corrected chi connectivity index (χ1v) is 4.84. The van der Waals surface area contributed by atoms with Crippen molar-refractivity contribution in [3.63, 3.8) is 0 Å². The van der Waals surface area contributed by atoms with Gasteiger partial charge in [-0.3, -0.25) is 5.32 Å². The Kier molecular flexibility index (Phi) is 4.46. The van der Waals surface area contributed by atoms with Crippen molar-refractivity contribution >= 4 is 12.4 Å². The Bertz CT molecular complexity index is 151. The molecule has 2 aliphatic rings. The van der Waals surface area contributed by atoms with E-state index in [1.807, 2.05) is 0 Å². The molecule has 2 fully saturated rings. The summed E-state index contributed by atoms with van der Waals surface area (Å²) in [5.74, 6) is 0. The van der Waals surface area contributed by atoms with Crippen molar-refractivity contribution < 1.29 is 9.47 Å². The summed E-state index contributed by atoms with van der Waals surface area (Å²) in [6, 6.07) is 0.511. The molecule has 0 aromatic carbocycles. The van der Waals surface area contributed by atoms with Gasteiger partial charge >= 0.3 is 0 Å². The zero-order chi connectivity index (χ0) is 8.39. The molecule has 2 saturated heterocycles. The highest BCUT2D eigenvalue weighted by Gasteiger charge is 2.26. The number of ether oxygens (including phenoxy) is 2. The fourth-order valence-corrected chi connectivity index (χ4v) is 1.88. The smallest absolute Gasteiger partial charge is 0.110 e. The number of halogens is 1. The zero-order valence-electron chi connectivity index (χ0n) is 7.99. The maximum atomic E-state index is 5.54. The van der Waals surface area contributed by atoms with Crippen molar-refractivity contribution in [2.24, 2.45) is 0 Å². The third-order valence-corrected chi connectivity index (χ3v) is 2.52. The van der Waals surface area contributed by atoms with E-state index in [0.717, 1.165) is 19.6 Å². The normalized spacial score (nSPS) is 39.0. The van der Waals surface area contributed by atoms with Crippen LogP contribution in [0.25, 0.3) is 0 Å². The van der Waals surface area contributed by atoms with Gasteiger partial charge in [0.25, 0.3) is 0 Å². The molecule has 2 rings (SSSR count). The van der Waals surface area contributed by atoms with E-state index in [-0.39, 0.29) is 18.6 Å². The second kappa shape index (κ2) is 5.15. The van der Waals surface area contributed by atoms with Gasteiger partial charge in [0.1, 0.15) is 6.23 Å². The van der Waals surface area contributed by atoms with Crippen LogP contribution in [0.1, 0.15) is 26.2 Å². The van der Waals surface area contributed by atoms with Crippen LogP contribution in [0.15, 0.2) is 0 Å². The fourth-order valence-electron chi connectivity index (χ4n) is 1.88. The van der Waals surface area contributed by atoms with Crippen molar-refractivity contribution in [1.82, 2.24) is 5.32 Å². The molecule has 3 unspecified atom stereocenters. The van der Waals surface area contributed by atoms with Gasteiger partial charge in [0.05, 0.1) is 12.7 Å². The summed E-state index contributed by atoms with van der Waals surface area (Å²) in [5.41, 5.74) is 0. The van der Waals surface area contributed by atoms with Crippen LogP contribution in [-0.4, -0.2) is 31.6 Å². The minimum Gasteiger partial charge on any atom is -0.378 e. The molecule has 0 spiro atoms. The largest absolute Gasteiger partial charge is 0.378 e. The average molecular weight is 208 g/mol. The lowest BCUT2D eigenvalue weighted by atomic mass is 10.1. The van der Waals surface area contributed by atoms with Crippen molar-refractivity contribution in [3.05, 3.63) is 0 Å². The maximum absolute atomic E-state index is 5.54. The Balaban J connectivity index is 0.000000845. The molecular weight excluding hydrogens is 190 g/mol. The van der Waals surface area contributed by atoms with E-state index in [9.17, 15) is 0 Å². The van der Waals surface area contributed by atoms with Crippen molar-refractivity contribution in [2.75, 3.05) is 13.2 Å². The molecule has 2 heterocycles. The van der Waals surface area contributed by atoms with Crippen LogP contribution in [0.5, 0.6) is 0 Å². The first-order valence-electron chi connectivity index (χ1n) is 4.84. The van der Waals surface area contributed by atoms with E-state index in [1.165, 1.54) is 12.8 Å². The quantitative estimate of drug-likeness (QED) is 0.741. The van der Waals surface area contributed by atoms with E-state index in [0.29, 0.717) is 12.1 Å². The molecule has 3 atom stereocenters. The average Bonchev–Trinajstić information content (AvgIpc) is 2.63. The Morgan fingerprint density at radius 2 is 2.23 bits per heavy atom. The van der Waals surface area contributed by atoms with Crippen LogP contribution in [0.4, 0.5) is 0 Å². The molecule has 0 bridgehead atoms. The lowest BCUT2D eigenvalue weighted by Gasteiger charge is -2.14. The van der Waals surface area contributed by atoms with Gasteiger partial charge < -0.3 is 9.47 Å². The minimum atomic E-state index is 0. The van der Waals surface area contributed by atoms with Crippen LogP contribution in [0, 0.1) is 0 Å². The third kappa shape index (κ3) is 3.09. The van der Waals surface area contributed by atoms with Gasteiger partial charge in [-0.25, -0.2) is 0 Å². The molecule has 1 N–H and O–H groups in total. The summed E-state index contributed by atoms with van der Waals surface area (Å²) >= 11 is 0. The number of hydrogen-bond donors (Lipinski definition) is 1. The highest BCUT2D eigenvalue weighted by atomic mass is 35.5. The second-order valence-corrected chi connectivity index (χ2v) is 3.76. The predicted octanol–water partition coefficient (Wildman–Crippen LogP) is 1.31. The van der Waals surface area contributed by atoms with Crippen LogP contribution < -0.4 is 5.32 Å². The molecule has 3 nitrogen and oxygen atoms in total. The van der Waals surface area contributed by atoms with Crippen molar-refractivity contribution in [2.45, 2.75) is 44.6 Å². The Hall–Kier alpha value is 0.170. The van der Waals surface area contributed by atoms with E-state index < -0.39 is 0 Å². The maximum Gasteiger partial charge on any atom is 0.110 e. The minimum absolute atomic E-state index is 0. The summed E-state index contributed by atoms with van der Waals surface area (Å²) in [7, 11) is 0. The molecule has 0 amide bonds. The second-order valence-electron chi connectivity index (χ2n) is 3.76. The first kappa shape index (κ1) is 11.2. The molecule has 0 saturated carbocycles. The Morgan fingerprint density at radius 3 is 2.77 bits per heavy atom. The highest BCUT2D eigenvalue weighted by Crippen LogP contribution is 2.19. The summed E-state index contributed by atoms with van der Waals surface area (Å²) < 4.78 is 11.1. The van der Waals surface area contributed by atoms with E-state index in [2.05, 4.69) is 12.2 Å². The lowest BCUT2D eigenvalue weighted by Crippen LogP contribution is -2.31. The standard InChI is InChI=1S/C9H17NO2.ClH/c1-7-6-12-9(10-7)5-8-3-2-4-11-8;/h7-10H,2-6H2,1H3;1H. The molecule has 78 valence electrons. The van der Waals surface area contributed by atoms with Crippen LogP contribution in [-0.2, 0) is 9.47 Å². The van der Waals surface area contributed by atoms with Crippen LogP contribution >= 0.6 is 12.4 Å². The zero-order valence-corrected chi connectivity index (χ0v) is 8.81. The lowest BCUT2D eigenvalue weighted by molar-refractivity contribution is 0.0297. The molecule has 0 aliphatic carbocycles. The first-order chi connectivity index (χ1) is 5.84. The van der Waals surface area contributed by atoms with Gasteiger partial charge in [-0.15, -0.1) is 12.4 Å². The topological polar surface area (TPSA) is 30.5 Å². The number of hydrogen-bond acceptors (Lipinski definition) is 3. The van der Waals surface area contributed by atoms with Gasteiger partial charge in [0.15, 0.2) is 0 Å². The molecule has 0 radical (unpaired) electrons. The van der Waals surface area contributed by atoms with Crippen molar-refractivity contribution in [1.29, 1.82) is 0 Å².